The molecule has 32 heavy (non-hydrogen) atoms. The number of fused-ring (bicyclic) bond motifs is 3. The Labute approximate surface area is 186 Å². The highest BCUT2D eigenvalue weighted by Crippen LogP contribution is 2.46. The molecule has 1 aromatic heterocycles. The summed E-state index contributed by atoms with van der Waals surface area (Å²) in [4.78, 5) is 31.9. The van der Waals surface area contributed by atoms with Gasteiger partial charge in [0.2, 0.25) is 5.91 Å². The normalized spacial score (nSPS) is 19.4. The minimum Gasteiger partial charge on any atom is -0.497 e. The lowest BCUT2D eigenvalue weighted by Crippen LogP contribution is -2.39. The van der Waals surface area contributed by atoms with Crippen LogP contribution in [0.1, 0.15) is 28.8 Å². The standard InChI is InChI=1S/C24H24N6O2/c1-25-12-16-3-7-18(8-4-16)24-11-20(31)30(13-17-5-9-19(32-2)10-6-17)23(24)29-15-28-22-21(24)26-14-27-22/h3-10,14-15,25H,11-13H2,1-2H3,(H,26,27). The quantitative estimate of drug-likeness (QED) is 0.631. The van der Waals surface area contributed by atoms with Gasteiger partial charge in [-0.15, -0.1) is 0 Å². The molecule has 1 unspecified atom stereocenters. The Morgan fingerprint density at radius 2 is 1.88 bits per heavy atom. The molecular weight excluding hydrogens is 404 g/mol. The zero-order chi connectivity index (χ0) is 22.1. The molecule has 1 saturated heterocycles. The van der Waals surface area contributed by atoms with E-state index >= 15 is 0 Å². The molecule has 8 nitrogen and oxygen atoms in total. The average molecular weight is 428 g/mol. The van der Waals surface area contributed by atoms with E-state index in [4.69, 9.17) is 4.74 Å². The van der Waals surface area contributed by atoms with E-state index in [0.29, 0.717) is 18.2 Å². The van der Waals surface area contributed by atoms with Gasteiger partial charge in [-0.05, 0) is 35.9 Å². The lowest BCUT2D eigenvalue weighted by Gasteiger charge is -2.29. The molecule has 2 aliphatic rings. The molecule has 1 fully saturated rings. The largest absolute Gasteiger partial charge is 0.497 e. The van der Waals surface area contributed by atoms with Crippen LogP contribution in [-0.2, 0) is 23.3 Å². The van der Waals surface area contributed by atoms with Crippen LogP contribution in [0.3, 0.4) is 0 Å². The van der Waals surface area contributed by atoms with Gasteiger partial charge in [0.25, 0.3) is 0 Å². The number of imidazole rings is 1. The number of aromatic amines is 1. The zero-order valence-corrected chi connectivity index (χ0v) is 18.0. The van der Waals surface area contributed by atoms with Gasteiger partial charge in [-0.2, -0.15) is 0 Å². The summed E-state index contributed by atoms with van der Waals surface area (Å²) >= 11 is 0. The molecule has 0 spiro atoms. The third-order valence-corrected chi connectivity index (χ3v) is 6.09. The molecular formula is C24H24N6O2. The van der Waals surface area contributed by atoms with Crippen molar-refractivity contribution in [3.63, 3.8) is 0 Å². The first-order chi connectivity index (χ1) is 15.7. The second-order valence-corrected chi connectivity index (χ2v) is 7.94. The molecule has 1 atom stereocenters. The first kappa shape index (κ1) is 20.1. The average Bonchev–Trinajstić information content (AvgIpc) is 3.35. The van der Waals surface area contributed by atoms with Crippen molar-refractivity contribution >= 4 is 23.9 Å². The fraction of sp³-hybridized carbons (Fsp3) is 0.250. The van der Waals surface area contributed by atoms with Gasteiger partial charge >= 0.3 is 0 Å². The minimum atomic E-state index is -0.774. The van der Waals surface area contributed by atoms with E-state index in [9.17, 15) is 4.79 Å². The highest BCUT2D eigenvalue weighted by atomic mass is 16.5. The number of carbonyl (C=O) groups is 1. The van der Waals surface area contributed by atoms with Crippen LogP contribution >= 0.6 is 0 Å². The maximum absolute atomic E-state index is 13.4. The van der Waals surface area contributed by atoms with E-state index in [-0.39, 0.29) is 12.3 Å². The molecule has 1 amide bonds. The number of aliphatic imine (C=N–C) groups is 2. The number of hydrogen-bond donors (Lipinski definition) is 2. The lowest BCUT2D eigenvalue weighted by molar-refractivity contribution is -0.126. The Morgan fingerprint density at radius 3 is 2.59 bits per heavy atom. The van der Waals surface area contributed by atoms with Crippen LogP contribution in [0, 0.1) is 0 Å². The summed E-state index contributed by atoms with van der Waals surface area (Å²) in [6, 6.07) is 16.0. The van der Waals surface area contributed by atoms with Crippen LogP contribution in [0.4, 0.5) is 5.82 Å². The summed E-state index contributed by atoms with van der Waals surface area (Å²) in [5.41, 5.74) is 3.16. The number of nitrogens with zero attached hydrogens (tertiary/aromatic N) is 4. The first-order valence-electron chi connectivity index (χ1n) is 10.5. The maximum Gasteiger partial charge on any atom is 0.230 e. The van der Waals surface area contributed by atoms with Gasteiger partial charge < -0.3 is 15.0 Å². The summed E-state index contributed by atoms with van der Waals surface area (Å²) in [5, 5.41) is 3.17. The number of carbonyl (C=O) groups excluding carboxylic acids is 1. The van der Waals surface area contributed by atoms with Crippen LogP contribution < -0.4 is 10.1 Å². The summed E-state index contributed by atoms with van der Waals surface area (Å²) in [7, 11) is 3.56. The van der Waals surface area contributed by atoms with Gasteiger partial charge in [-0.3, -0.25) is 9.69 Å². The third-order valence-electron chi connectivity index (χ3n) is 6.09. The van der Waals surface area contributed by atoms with Gasteiger partial charge in [0.15, 0.2) is 5.82 Å². The number of ether oxygens (including phenoxy) is 1. The number of amidine groups is 1. The van der Waals surface area contributed by atoms with Gasteiger partial charge in [0.1, 0.15) is 23.3 Å². The molecule has 0 bridgehead atoms. The van der Waals surface area contributed by atoms with Crippen molar-refractivity contribution in [1.29, 1.82) is 0 Å². The Hall–Kier alpha value is -3.78. The van der Waals surface area contributed by atoms with Crippen LogP contribution in [0.15, 0.2) is 64.8 Å². The van der Waals surface area contributed by atoms with E-state index in [0.717, 1.165) is 29.1 Å². The van der Waals surface area contributed by atoms with E-state index in [1.165, 1.54) is 11.9 Å². The number of hydrogen-bond acceptors (Lipinski definition) is 6. The molecule has 3 heterocycles. The van der Waals surface area contributed by atoms with E-state index in [1.807, 2.05) is 31.3 Å². The second kappa shape index (κ2) is 8.05. The number of methoxy groups -OCH3 is 1. The van der Waals surface area contributed by atoms with Crippen molar-refractivity contribution in [3.8, 4) is 5.75 Å². The monoisotopic (exact) mass is 428 g/mol. The van der Waals surface area contributed by atoms with Crippen LogP contribution in [-0.4, -0.2) is 47.1 Å². The number of likely N-dealkylation sites (tertiary alicyclic amines) is 1. The van der Waals surface area contributed by atoms with Crippen LogP contribution in [0.25, 0.3) is 0 Å². The van der Waals surface area contributed by atoms with Crippen molar-refractivity contribution in [2.45, 2.75) is 24.9 Å². The van der Waals surface area contributed by atoms with Crippen LogP contribution in [0.2, 0.25) is 0 Å². The molecule has 2 N–H and O–H groups in total. The van der Waals surface area contributed by atoms with Gasteiger partial charge in [0, 0.05) is 13.0 Å². The summed E-state index contributed by atoms with van der Waals surface area (Å²) in [6.45, 7) is 1.19. The molecule has 0 saturated carbocycles. The molecule has 8 heteroatoms. The zero-order valence-electron chi connectivity index (χ0n) is 18.0. The Morgan fingerprint density at radius 1 is 1.12 bits per heavy atom. The molecule has 0 radical (unpaired) electrons. The van der Waals surface area contributed by atoms with Crippen molar-refractivity contribution in [1.82, 2.24) is 20.2 Å². The maximum atomic E-state index is 13.4. The number of benzene rings is 2. The predicted octanol–water partition coefficient (Wildman–Crippen LogP) is 2.93. The van der Waals surface area contributed by atoms with Crippen molar-refractivity contribution in [2.24, 2.45) is 9.98 Å². The second-order valence-electron chi connectivity index (χ2n) is 7.94. The third kappa shape index (κ3) is 3.20. The van der Waals surface area contributed by atoms with Gasteiger partial charge in [-0.1, -0.05) is 36.4 Å². The minimum absolute atomic E-state index is 0.00900. The first-order valence-corrected chi connectivity index (χ1v) is 10.5. The number of aromatic nitrogens is 2. The molecule has 162 valence electrons. The summed E-state index contributed by atoms with van der Waals surface area (Å²) in [5.74, 6) is 2.00. The van der Waals surface area contributed by atoms with Gasteiger partial charge in [0.05, 0.1) is 25.7 Å². The van der Waals surface area contributed by atoms with E-state index in [1.54, 1.807) is 18.3 Å². The van der Waals surface area contributed by atoms with Crippen LogP contribution in [0.5, 0.6) is 5.75 Å². The molecule has 2 aliphatic heterocycles. The summed E-state index contributed by atoms with van der Waals surface area (Å²) in [6.07, 6.45) is 3.37. The van der Waals surface area contributed by atoms with E-state index in [2.05, 4.69) is 49.5 Å². The SMILES string of the molecule is CNCc1ccc(C23CC(=O)N(Cc4ccc(OC)cc4)C2=NC=Nc2nc[nH]c23)cc1. The molecule has 2 aromatic carbocycles. The lowest BCUT2D eigenvalue weighted by atomic mass is 9.75. The number of nitrogens with one attached hydrogen (secondary N) is 2. The highest BCUT2D eigenvalue weighted by molar-refractivity contribution is 6.16. The highest BCUT2D eigenvalue weighted by Gasteiger charge is 2.54. The number of rotatable bonds is 6. The van der Waals surface area contributed by atoms with Crippen molar-refractivity contribution < 1.29 is 9.53 Å². The van der Waals surface area contributed by atoms with Crippen molar-refractivity contribution in [3.05, 3.63) is 77.2 Å². The predicted molar refractivity (Wildman–Crippen MR) is 122 cm³/mol. The molecule has 3 aromatic rings. The summed E-state index contributed by atoms with van der Waals surface area (Å²) < 4.78 is 5.26. The van der Waals surface area contributed by atoms with E-state index < -0.39 is 5.41 Å². The Kier molecular flexibility index (Phi) is 5.07. The molecule has 0 aliphatic carbocycles. The Bertz CT molecular complexity index is 1200. The Balaban J connectivity index is 1.60. The number of amides is 1. The number of H-pyrrole nitrogens is 1. The molecule has 5 rings (SSSR count). The smallest absolute Gasteiger partial charge is 0.230 e. The van der Waals surface area contributed by atoms with Crippen molar-refractivity contribution in [2.75, 3.05) is 14.2 Å². The van der Waals surface area contributed by atoms with Gasteiger partial charge in [-0.25, -0.2) is 15.0 Å². The topological polar surface area (TPSA) is 95.0 Å². The fourth-order valence-corrected chi connectivity index (χ4v) is 4.53. The fourth-order valence-electron chi connectivity index (χ4n) is 4.53.